The Bertz CT molecular complexity index is 506. The van der Waals surface area contributed by atoms with Gasteiger partial charge in [0, 0.05) is 5.56 Å². The fraction of sp³-hybridized carbons (Fsp3) is 0.471. The number of benzene rings is 1. The van der Waals surface area contributed by atoms with E-state index in [1.54, 1.807) is 6.92 Å². The molecule has 0 bridgehead atoms. The molecular formula is C17H22O. The molecule has 1 heteroatoms. The summed E-state index contributed by atoms with van der Waals surface area (Å²) in [6, 6.07) is 6.20. The Morgan fingerprint density at radius 3 is 2.72 bits per heavy atom. The molecule has 1 aromatic carbocycles. The van der Waals surface area contributed by atoms with Crippen molar-refractivity contribution in [1.82, 2.24) is 0 Å². The van der Waals surface area contributed by atoms with E-state index >= 15 is 0 Å². The van der Waals surface area contributed by atoms with Gasteiger partial charge in [0.05, 0.1) is 0 Å². The van der Waals surface area contributed by atoms with Crippen molar-refractivity contribution in [2.24, 2.45) is 0 Å². The van der Waals surface area contributed by atoms with Crippen LogP contribution in [0.3, 0.4) is 0 Å². The minimum Gasteiger partial charge on any atom is -0.295 e. The van der Waals surface area contributed by atoms with E-state index in [0.717, 1.165) is 24.8 Å². The van der Waals surface area contributed by atoms with Crippen LogP contribution in [-0.4, -0.2) is 5.78 Å². The van der Waals surface area contributed by atoms with Gasteiger partial charge in [-0.2, -0.15) is 0 Å². The zero-order chi connectivity index (χ0) is 13.3. The molecule has 0 spiro atoms. The van der Waals surface area contributed by atoms with Crippen molar-refractivity contribution in [2.45, 2.75) is 52.4 Å². The molecule has 1 aliphatic rings. The maximum absolute atomic E-state index is 11.5. The molecule has 0 atom stereocenters. The van der Waals surface area contributed by atoms with E-state index in [4.69, 9.17) is 0 Å². The lowest BCUT2D eigenvalue weighted by Gasteiger charge is -2.34. The number of hydrogen-bond donors (Lipinski definition) is 0. The minimum atomic E-state index is 0.153. The van der Waals surface area contributed by atoms with E-state index in [1.807, 2.05) is 6.07 Å². The Labute approximate surface area is 110 Å². The van der Waals surface area contributed by atoms with Crippen molar-refractivity contribution < 1.29 is 4.79 Å². The van der Waals surface area contributed by atoms with E-state index < -0.39 is 0 Å². The van der Waals surface area contributed by atoms with Crippen LogP contribution < -0.4 is 0 Å². The Balaban J connectivity index is 2.59. The number of ketones is 1. The molecule has 18 heavy (non-hydrogen) atoms. The van der Waals surface area contributed by atoms with Crippen LogP contribution in [0.2, 0.25) is 0 Å². The predicted molar refractivity (Wildman–Crippen MR) is 77.0 cm³/mol. The third-order valence-electron chi connectivity index (χ3n) is 3.97. The summed E-state index contributed by atoms with van der Waals surface area (Å²) in [7, 11) is 0. The van der Waals surface area contributed by atoms with Gasteiger partial charge >= 0.3 is 0 Å². The lowest BCUT2D eigenvalue weighted by atomic mass is 9.70. The molecule has 1 nitrogen and oxygen atoms in total. The molecule has 96 valence electrons. The molecule has 1 aliphatic carbocycles. The van der Waals surface area contributed by atoms with Crippen LogP contribution in [0, 0.1) is 0 Å². The summed E-state index contributed by atoms with van der Waals surface area (Å²) in [6.07, 6.45) is 5.70. The molecule has 0 aromatic heterocycles. The lowest BCUT2D eigenvalue weighted by molar-refractivity contribution is 0.101. The van der Waals surface area contributed by atoms with Crippen LogP contribution in [-0.2, 0) is 5.41 Å². The molecule has 0 fully saturated rings. The second kappa shape index (κ2) is 4.72. The Morgan fingerprint density at radius 1 is 1.39 bits per heavy atom. The van der Waals surface area contributed by atoms with Crippen LogP contribution in [0.1, 0.15) is 68.4 Å². The van der Waals surface area contributed by atoms with Crippen molar-refractivity contribution in [3.8, 4) is 0 Å². The van der Waals surface area contributed by atoms with E-state index in [0.29, 0.717) is 0 Å². The molecule has 0 radical (unpaired) electrons. The van der Waals surface area contributed by atoms with Gasteiger partial charge in [0.1, 0.15) is 0 Å². The van der Waals surface area contributed by atoms with Gasteiger partial charge < -0.3 is 0 Å². The fourth-order valence-electron chi connectivity index (χ4n) is 2.78. The van der Waals surface area contributed by atoms with Crippen LogP contribution in [0.15, 0.2) is 24.3 Å². The number of carbonyl (C=O) groups excluding carboxylic acids is 1. The molecular weight excluding hydrogens is 220 g/mol. The molecule has 0 saturated heterocycles. The van der Waals surface area contributed by atoms with E-state index in [1.165, 1.54) is 16.7 Å². The average Bonchev–Trinajstić information content (AvgIpc) is 2.33. The van der Waals surface area contributed by atoms with Crippen LogP contribution in [0.4, 0.5) is 0 Å². The molecule has 0 heterocycles. The highest BCUT2D eigenvalue weighted by atomic mass is 16.1. The highest BCUT2D eigenvalue weighted by molar-refractivity contribution is 5.95. The molecule has 0 amide bonds. The first-order valence-electron chi connectivity index (χ1n) is 6.80. The number of allylic oxidation sites excluding steroid dienone is 2. The quantitative estimate of drug-likeness (QED) is 0.684. The highest BCUT2D eigenvalue weighted by Crippen LogP contribution is 2.42. The minimum absolute atomic E-state index is 0.153. The summed E-state index contributed by atoms with van der Waals surface area (Å²) in [5, 5.41) is 0. The molecule has 0 saturated carbocycles. The standard InChI is InChI=1S/C17H22O/c1-5-6-13-9-10-17(3,4)16-11-14(12(2)18)7-8-15(13)16/h6-8,11H,5,9-10H2,1-4H3. The van der Waals surface area contributed by atoms with Crippen LogP contribution in [0.5, 0.6) is 0 Å². The van der Waals surface area contributed by atoms with Crippen LogP contribution >= 0.6 is 0 Å². The van der Waals surface area contributed by atoms with E-state index in [-0.39, 0.29) is 11.2 Å². The van der Waals surface area contributed by atoms with Crippen molar-refractivity contribution >= 4 is 11.4 Å². The smallest absolute Gasteiger partial charge is 0.159 e. The topological polar surface area (TPSA) is 17.1 Å². The van der Waals surface area contributed by atoms with Crippen LogP contribution in [0.25, 0.3) is 5.57 Å². The molecule has 0 unspecified atom stereocenters. The van der Waals surface area contributed by atoms with Gasteiger partial charge in [-0.15, -0.1) is 0 Å². The summed E-state index contributed by atoms with van der Waals surface area (Å²) in [5.41, 5.74) is 5.13. The zero-order valence-corrected chi connectivity index (χ0v) is 11.8. The highest BCUT2D eigenvalue weighted by Gasteiger charge is 2.29. The summed E-state index contributed by atoms with van der Waals surface area (Å²) in [5.74, 6) is 0.153. The zero-order valence-electron chi connectivity index (χ0n) is 11.8. The second-order valence-electron chi connectivity index (χ2n) is 5.84. The summed E-state index contributed by atoms with van der Waals surface area (Å²) in [6.45, 7) is 8.37. The summed E-state index contributed by atoms with van der Waals surface area (Å²) < 4.78 is 0. The van der Waals surface area contributed by atoms with Gasteiger partial charge in [0.15, 0.2) is 5.78 Å². The second-order valence-corrected chi connectivity index (χ2v) is 5.84. The van der Waals surface area contributed by atoms with Gasteiger partial charge in [-0.3, -0.25) is 4.79 Å². The molecule has 1 aromatic rings. The Kier molecular flexibility index (Phi) is 3.43. The average molecular weight is 242 g/mol. The molecule has 0 aliphatic heterocycles. The van der Waals surface area contributed by atoms with Gasteiger partial charge in [0.25, 0.3) is 0 Å². The Morgan fingerprint density at radius 2 is 2.11 bits per heavy atom. The maximum atomic E-state index is 11.5. The van der Waals surface area contributed by atoms with Gasteiger partial charge in [0.2, 0.25) is 0 Å². The predicted octanol–water partition coefficient (Wildman–Crippen LogP) is 4.75. The first-order valence-corrected chi connectivity index (χ1v) is 6.80. The third kappa shape index (κ3) is 2.27. The van der Waals surface area contributed by atoms with Gasteiger partial charge in [-0.25, -0.2) is 0 Å². The van der Waals surface area contributed by atoms with Crippen molar-refractivity contribution in [3.05, 3.63) is 41.0 Å². The fourth-order valence-corrected chi connectivity index (χ4v) is 2.78. The third-order valence-corrected chi connectivity index (χ3v) is 3.97. The number of rotatable bonds is 2. The summed E-state index contributed by atoms with van der Waals surface area (Å²) >= 11 is 0. The monoisotopic (exact) mass is 242 g/mol. The number of fused-ring (bicyclic) bond motifs is 1. The van der Waals surface area contributed by atoms with Crippen molar-refractivity contribution in [3.63, 3.8) is 0 Å². The van der Waals surface area contributed by atoms with Crippen molar-refractivity contribution in [2.75, 3.05) is 0 Å². The summed E-state index contributed by atoms with van der Waals surface area (Å²) in [4.78, 5) is 11.5. The number of Topliss-reactive ketones (excluding diaryl/α,β-unsaturated/α-hetero) is 1. The number of hydrogen-bond acceptors (Lipinski definition) is 1. The van der Waals surface area contributed by atoms with Gasteiger partial charge in [-0.05, 0) is 54.4 Å². The van der Waals surface area contributed by atoms with Gasteiger partial charge in [-0.1, -0.05) is 39.0 Å². The van der Waals surface area contributed by atoms with E-state index in [2.05, 4.69) is 39.0 Å². The molecule has 2 rings (SSSR count). The number of carbonyl (C=O) groups is 1. The first-order chi connectivity index (χ1) is 8.45. The van der Waals surface area contributed by atoms with Crippen molar-refractivity contribution in [1.29, 1.82) is 0 Å². The largest absolute Gasteiger partial charge is 0.295 e. The SMILES string of the molecule is CCC=C1CCC(C)(C)c2cc(C(C)=O)ccc21. The maximum Gasteiger partial charge on any atom is 0.159 e. The lowest BCUT2D eigenvalue weighted by Crippen LogP contribution is -2.23. The normalized spacial score (nSPS) is 19.7. The first kappa shape index (κ1) is 13.1. The molecule has 0 N–H and O–H groups in total. The van der Waals surface area contributed by atoms with E-state index in [9.17, 15) is 4.79 Å². The Hall–Kier alpha value is -1.37.